The van der Waals surface area contributed by atoms with E-state index in [0.29, 0.717) is 30.8 Å². The van der Waals surface area contributed by atoms with Crippen LogP contribution in [0, 0.1) is 0 Å². The van der Waals surface area contributed by atoms with E-state index in [2.05, 4.69) is 9.29 Å². The first-order chi connectivity index (χ1) is 24.1. The van der Waals surface area contributed by atoms with Gasteiger partial charge in [0.1, 0.15) is 11.4 Å². The Morgan fingerprint density at radius 3 is 2.29 bits per heavy atom. The Morgan fingerprint density at radius 1 is 0.941 bits per heavy atom. The topological polar surface area (TPSA) is 130 Å². The van der Waals surface area contributed by atoms with E-state index in [4.69, 9.17) is 9.47 Å². The Kier molecular flexibility index (Phi) is 8.94. The molecule has 0 spiro atoms. The number of hydrogen-bond donors (Lipinski definition) is 1. The molecule has 0 radical (unpaired) electrons. The van der Waals surface area contributed by atoms with Crippen molar-refractivity contribution >= 4 is 45.1 Å². The maximum atomic E-state index is 14.6. The van der Waals surface area contributed by atoms with Gasteiger partial charge in [-0.15, -0.1) is 0 Å². The summed E-state index contributed by atoms with van der Waals surface area (Å²) in [7, 11) is 0.338. The maximum Gasteiger partial charge on any atom is 0.410 e. The van der Waals surface area contributed by atoms with Gasteiger partial charge in [-0.25, -0.2) is 9.52 Å². The van der Waals surface area contributed by atoms with Crippen molar-refractivity contribution in [3.63, 3.8) is 0 Å². The van der Waals surface area contributed by atoms with Gasteiger partial charge < -0.3 is 23.8 Å². The van der Waals surface area contributed by atoms with Crippen molar-refractivity contribution in [2.24, 2.45) is 0 Å². The van der Waals surface area contributed by atoms with E-state index >= 15 is 0 Å². The third kappa shape index (κ3) is 6.50. The van der Waals surface area contributed by atoms with Crippen molar-refractivity contribution in [3.8, 4) is 17.0 Å². The van der Waals surface area contributed by atoms with Gasteiger partial charge in [0.15, 0.2) is 0 Å². The summed E-state index contributed by atoms with van der Waals surface area (Å²) in [4.78, 5) is 44.5. The van der Waals surface area contributed by atoms with Gasteiger partial charge in [-0.1, -0.05) is 25.3 Å². The minimum absolute atomic E-state index is 0.0972. The molecule has 2 unspecified atom stereocenters. The van der Waals surface area contributed by atoms with Gasteiger partial charge in [0.2, 0.25) is 0 Å². The molecule has 3 amide bonds. The predicted molar refractivity (Wildman–Crippen MR) is 195 cm³/mol. The molecule has 3 aliphatic heterocycles. The zero-order chi connectivity index (χ0) is 36.4. The van der Waals surface area contributed by atoms with Gasteiger partial charge >= 0.3 is 16.3 Å². The minimum atomic E-state index is -4.01. The molecule has 4 heterocycles. The van der Waals surface area contributed by atoms with Crippen molar-refractivity contribution in [3.05, 3.63) is 58.7 Å². The molecular formula is C38H47N5O7S. The van der Waals surface area contributed by atoms with Gasteiger partial charge in [-0.05, 0) is 93.5 Å². The van der Waals surface area contributed by atoms with Crippen molar-refractivity contribution in [1.29, 1.82) is 0 Å². The van der Waals surface area contributed by atoms with Crippen LogP contribution < -0.4 is 9.46 Å². The van der Waals surface area contributed by atoms with Crippen LogP contribution in [0.4, 0.5) is 4.79 Å². The lowest BCUT2D eigenvalue weighted by Crippen LogP contribution is -2.52. The molecule has 1 N–H and O–H groups in total. The largest absolute Gasteiger partial charge is 0.497 e. The molecule has 1 saturated carbocycles. The first kappa shape index (κ1) is 35.1. The zero-order valence-electron chi connectivity index (χ0n) is 30.2. The Balaban J connectivity index is 1.32. The highest BCUT2D eigenvalue weighted by Gasteiger charge is 2.49. The fourth-order valence-corrected chi connectivity index (χ4v) is 8.76. The van der Waals surface area contributed by atoms with Crippen LogP contribution in [0.25, 0.3) is 28.2 Å². The van der Waals surface area contributed by atoms with Crippen LogP contribution in [0.1, 0.15) is 86.7 Å². The number of rotatable bonds is 6. The second-order valence-corrected chi connectivity index (χ2v) is 17.3. The summed E-state index contributed by atoms with van der Waals surface area (Å²) in [6, 6.07) is 11.1. The monoisotopic (exact) mass is 717 g/mol. The Hall–Kier alpha value is -4.36. The molecule has 3 aromatic rings. The van der Waals surface area contributed by atoms with Crippen LogP contribution in [0.15, 0.2) is 42.0 Å². The lowest BCUT2D eigenvalue weighted by atomic mass is 9.81. The molecule has 272 valence electrons. The average molecular weight is 718 g/mol. The van der Waals surface area contributed by atoms with E-state index in [9.17, 15) is 22.8 Å². The fraction of sp³-hybridized carbons (Fsp3) is 0.500. The number of carbonyl (C=O) groups is 3. The predicted octanol–water partition coefficient (Wildman–Crippen LogP) is 5.52. The highest BCUT2D eigenvalue weighted by Crippen LogP contribution is 2.47. The number of ether oxygens (including phenoxy) is 2. The van der Waals surface area contributed by atoms with Crippen molar-refractivity contribution in [2.45, 2.75) is 89.4 Å². The number of piperazine rings is 1. The molecule has 2 bridgehead atoms. The second kappa shape index (κ2) is 13.0. The van der Waals surface area contributed by atoms with Crippen molar-refractivity contribution in [1.82, 2.24) is 23.4 Å². The molecule has 2 saturated heterocycles. The summed E-state index contributed by atoms with van der Waals surface area (Å²) in [5.74, 6) is 0.134. The lowest BCUT2D eigenvalue weighted by molar-refractivity contribution is -0.129. The molecule has 4 aliphatic rings. The maximum absolute atomic E-state index is 14.6. The zero-order valence-corrected chi connectivity index (χ0v) is 31.0. The molecule has 7 rings (SSSR count). The number of aromatic nitrogens is 1. The van der Waals surface area contributed by atoms with Gasteiger partial charge in [0.25, 0.3) is 11.8 Å². The Bertz CT molecular complexity index is 2060. The fourth-order valence-electron chi connectivity index (χ4n) is 8.22. The van der Waals surface area contributed by atoms with Crippen LogP contribution in [0.5, 0.6) is 5.75 Å². The molecule has 12 nitrogen and oxygen atoms in total. The van der Waals surface area contributed by atoms with E-state index < -0.39 is 21.7 Å². The number of amides is 3. The molecule has 51 heavy (non-hydrogen) atoms. The van der Waals surface area contributed by atoms with E-state index in [1.807, 2.05) is 56.0 Å². The number of nitrogens with one attached hydrogen (secondary N) is 1. The summed E-state index contributed by atoms with van der Waals surface area (Å²) in [5, 5.41) is 0.993. The third-order valence-electron chi connectivity index (χ3n) is 10.7. The van der Waals surface area contributed by atoms with Gasteiger partial charge in [-0.2, -0.15) is 12.7 Å². The number of methoxy groups -OCH3 is 1. The van der Waals surface area contributed by atoms with Crippen LogP contribution in [0.2, 0.25) is 0 Å². The molecule has 3 fully saturated rings. The van der Waals surface area contributed by atoms with Gasteiger partial charge in [0, 0.05) is 54.8 Å². The van der Waals surface area contributed by atoms with E-state index in [0.717, 1.165) is 57.7 Å². The van der Waals surface area contributed by atoms with Crippen LogP contribution in [-0.4, -0.2) is 97.0 Å². The normalized spacial score (nSPS) is 20.6. The number of hydrogen-bond acceptors (Lipinski definition) is 7. The van der Waals surface area contributed by atoms with Crippen LogP contribution in [-0.2, 0) is 26.3 Å². The molecule has 1 aliphatic carbocycles. The van der Waals surface area contributed by atoms with Gasteiger partial charge in [0.05, 0.1) is 31.4 Å². The smallest absolute Gasteiger partial charge is 0.410 e. The Labute approximate surface area is 299 Å². The number of fused-ring (bicyclic) bond motifs is 7. The summed E-state index contributed by atoms with van der Waals surface area (Å²) in [5.41, 5.74) is 4.98. The number of nitrogens with zero attached hydrogens (tertiary/aromatic N) is 4. The van der Waals surface area contributed by atoms with E-state index in [1.165, 1.54) is 26.1 Å². The number of likely N-dealkylation sites (tertiary alicyclic amines) is 2. The highest BCUT2D eigenvalue weighted by molar-refractivity contribution is 7.87. The van der Waals surface area contributed by atoms with E-state index in [1.54, 1.807) is 24.1 Å². The standard InChI is InChI=1S/C38H47N5O7S/c1-38(2,3)50-37(46)42-22-27-19-28(42)21-41(27)36(45)26-16-25-17-29(49-6)13-15-30(25)34-33(23-10-8-7-9-11-23)31-14-12-24(18-32(31)43(34)20-26)35(44)39-51(47,48)40(4)5/h12-18,23,27-28H,7-11,19-22H2,1-6H3,(H,39,44). The lowest BCUT2D eigenvalue weighted by Gasteiger charge is -2.35. The summed E-state index contributed by atoms with van der Waals surface area (Å²) in [6.45, 7) is 6.63. The number of benzene rings is 2. The SMILES string of the molecule is COc1ccc2c(c1)C=C(C(=O)N1CC3CC1CN3C(=O)OC(C)(C)C)Cn1c-2c(C2CCCCC2)c2ccc(C(=O)NS(=O)(=O)N(C)C)cc21. The van der Waals surface area contributed by atoms with Crippen molar-refractivity contribution in [2.75, 3.05) is 34.3 Å². The van der Waals surface area contributed by atoms with Gasteiger partial charge in [-0.3, -0.25) is 9.59 Å². The molecule has 1 aromatic heterocycles. The molecule has 13 heteroatoms. The highest BCUT2D eigenvalue weighted by atomic mass is 32.2. The Morgan fingerprint density at radius 2 is 1.65 bits per heavy atom. The third-order valence-corrected chi connectivity index (χ3v) is 12.1. The molecule has 2 aromatic carbocycles. The minimum Gasteiger partial charge on any atom is -0.497 e. The average Bonchev–Trinajstić information content (AvgIpc) is 3.75. The number of carbonyl (C=O) groups excluding carboxylic acids is 3. The first-order valence-corrected chi connectivity index (χ1v) is 19.2. The second-order valence-electron chi connectivity index (χ2n) is 15.4. The van der Waals surface area contributed by atoms with Crippen molar-refractivity contribution < 1.29 is 32.3 Å². The molecule has 2 atom stereocenters. The van der Waals surface area contributed by atoms with E-state index in [-0.39, 0.29) is 42.1 Å². The first-order valence-electron chi connectivity index (χ1n) is 17.8. The summed E-state index contributed by atoms with van der Waals surface area (Å²) in [6.07, 6.45) is 7.79. The van der Waals surface area contributed by atoms with Crippen LogP contribution >= 0.6 is 0 Å². The summed E-state index contributed by atoms with van der Waals surface area (Å²) < 4.78 is 41.7. The summed E-state index contributed by atoms with van der Waals surface area (Å²) >= 11 is 0. The quantitative estimate of drug-likeness (QED) is 0.356. The van der Waals surface area contributed by atoms with Crippen LogP contribution in [0.3, 0.4) is 0 Å². The molecular weight excluding hydrogens is 671 g/mol.